The minimum absolute atomic E-state index is 0.0196. The zero-order valence-corrected chi connectivity index (χ0v) is 6.85. The van der Waals surface area contributed by atoms with Gasteiger partial charge in [0.1, 0.15) is 11.6 Å². The van der Waals surface area contributed by atoms with Gasteiger partial charge in [-0.05, 0) is 17.7 Å². The highest BCUT2D eigenvalue weighted by molar-refractivity contribution is 6.64. The van der Waals surface area contributed by atoms with Crippen molar-refractivity contribution in [1.82, 2.24) is 0 Å². The third-order valence-electron chi connectivity index (χ3n) is 1.39. The van der Waals surface area contributed by atoms with Crippen LogP contribution in [0.1, 0.15) is 5.56 Å². The quantitative estimate of drug-likeness (QED) is 0.515. The van der Waals surface area contributed by atoms with Crippen molar-refractivity contribution < 1.29 is 21.7 Å². The zero-order valence-electron chi connectivity index (χ0n) is 6.85. The molecule has 0 saturated heterocycles. The Morgan fingerprint density at radius 3 is 1.86 bits per heavy atom. The predicted octanol–water partition coefficient (Wildman–Crippen LogP) is 3.36. The maximum Gasteiger partial charge on any atom is 0.502 e. The summed E-state index contributed by atoms with van der Waals surface area (Å²) < 4.78 is 60.2. The molecule has 1 aromatic carbocycles. The predicted molar refractivity (Wildman–Crippen MR) is 44.5 cm³/mol. The summed E-state index contributed by atoms with van der Waals surface area (Å²) in [5.41, 5.74) is -0.151. The summed E-state index contributed by atoms with van der Waals surface area (Å²) >= 11 is 0. The molecule has 0 aromatic heterocycles. The van der Waals surface area contributed by atoms with Crippen LogP contribution in [0, 0.1) is 11.6 Å². The first-order valence-corrected chi connectivity index (χ1v) is 3.72. The summed E-state index contributed by atoms with van der Waals surface area (Å²) in [6, 6.07) is 2.23. The van der Waals surface area contributed by atoms with Crippen molar-refractivity contribution in [3.8, 4) is 0 Å². The maximum atomic E-state index is 12.5. The van der Waals surface area contributed by atoms with Crippen molar-refractivity contribution in [2.45, 2.75) is 0 Å². The van der Waals surface area contributed by atoms with Crippen LogP contribution in [0.5, 0.6) is 0 Å². The average molecular weight is 207 g/mol. The topological polar surface area (TPSA) is 0 Å². The lowest BCUT2D eigenvalue weighted by Crippen LogP contribution is -2.09. The van der Waals surface area contributed by atoms with Crippen LogP contribution in [0.2, 0.25) is 0 Å². The summed E-state index contributed by atoms with van der Waals surface area (Å²) in [4.78, 5) is 0. The Kier molecular flexibility index (Phi) is 2.93. The Balaban J connectivity index is 2.92. The van der Waals surface area contributed by atoms with E-state index in [4.69, 9.17) is 0 Å². The molecule has 0 aliphatic carbocycles. The highest BCUT2D eigenvalue weighted by atomic mass is 19.4. The fraction of sp³-hybridized carbons (Fsp3) is 0. The van der Waals surface area contributed by atoms with Crippen LogP contribution >= 0.6 is 0 Å². The van der Waals surface area contributed by atoms with Crippen LogP contribution in [0.15, 0.2) is 24.2 Å². The van der Waals surface area contributed by atoms with E-state index >= 15 is 0 Å². The number of hydrogen-bond acceptors (Lipinski definition) is 0. The standard InChI is InChI=1S/C8H5BF5/c10-7-3-6(4-8(11)5-7)1-2-9(12,13)14/h1-5H/q-1/b2-1+. The van der Waals surface area contributed by atoms with Crippen LogP contribution < -0.4 is 0 Å². The third kappa shape index (κ3) is 3.59. The lowest BCUT2D eigenvalue weighted by atomic mass is 9.90. The molecule has 0 unspecified atom stereocenters. The molecule has 14 heavy (non-hydrogen) atoms. The molecule has 0 saturated carbocycles. The molecule has 0 atom stereocenters. The van der Waals surface area contributed by atoms with E-state index in [0.29, 0.717) is 12.1 Å². The lowest BCUT2D eigenvalue weighted by Gasteiger charge is -2.06. The molecule has 0 N–H and O–H groups in total. The van der Waals surface area contributed by atoms with Gasteiger partial charge in [0.2, 0.25) is 0 Å². The van der Waals surface area contributed by atoms with Gasteiger partial charge < -0.3 is 12.9 Å². The van der Waals surface area contributed by atoms with Gasteiger partial charge in [-0.1, -0.05) is 6.08 Å². The Bertz CT molecular complexity index is 335. The van der Waals surface area contributed by atoms with Crippen LogP contribution in [0.4, 0.5) is 21.7 Å². The molecule has 0 fully saturated rings. The number of hydrogen-bond donors (Lipinski definition) is 0. The molecule has 0 nitrogen and oxygen atoms in total. The average Bonchev–Trinajstić information content (AvgIpc) is 1.97. The third-order valence-corrected chi connectivity index (χ3v) is 1.39. The van der Waals surface area contributed by atoms with Gasteiger partial charge in [0, 0.05) is 6.07 Å². The van der Waals surface area contributed by atoms with Gasteiger partial charge in [-0.3, -0.25) is 0 Å². The SMILES string of the molecule is Fc1cc(F)cc(/C=C/[B-](F)(F)F)c1. The van der Waals surface area contributed by atoms with Gasteiger partial charge in [0.15, 0.2) is 0 Å². The summed E-state index contributed by atoms with van der Waals surface area (Å²) in [5, 5.41) is 0. The van der Waals surface area contributed by atoms with E-state index in [1.807, 2.05) is 0 Å². The van der Waals surface area contributed by atoms with E-state index in [1.54, 1.807) is 0 Å². The first kappa shape index (κ1) is 10.8. The molecule has 0 spiro atoms. The van der Waals surface area contributed by atoms with Crippen molar-refractivity contribution in [2.75, 3.05) is 0 Å². The van der Waals surface area contributed by atoms with Crippen molar-refractivity contribution in [3.05, 3.63) is 41.4 Å². The lowest BCUT2D eigenvalue weighted by molar-refractivity contribution is 0.499. The fourth-order valence-corrected chi connectivity index (χ4v) is 0.892. The largest absolute Gasteiger partial charge is 0.502 e. The van der Waals surface area contributed by atoms with E-state index in [9.17, 15) is 21.7 Å². The maximum absolute atomic E-state index is 12.5. The molecule has 0 amide bonds. The second-order valence-electron chi connectivity index (χ2n) is 2.69. The van der Waals surface area contributed by atoms with E-state index in [0.717, 1.165) is 12.1 Å². The fourth-order valence-electron chi connectivity index (χ4n) is 0.892. The minimum atomic E-state index is -5.08. The Labute approximate surface area is 77.1 Å². The molecule has 0 aliphatic heterocycles. The van der Waals surface area contributed by atoms with Crippen molar-refractivity contribution in [3.63, 3.8) is 0 Å². The van der Waals surface area contributed by atoms with E-state index in [2.05, 4.69) is 0 Å². The molecule has 6 heteroatoms. The van der Waals surface area contributed by atoms with Gasteiger partial charge in [-0.2, -0.15) is 0 Å². The summed E-state index contributed by atoms with van der Waals surface area (Å²) in [5.74, 6) is -1.83. The van der Waals surface area contributed by atoms with Crippen molar-refractivity contribution in [1.29, 1.82) is 0 Å². The van der Waals surface area contributed by atoms with Gasteiger partial charge in [0.05, 0.1) is 0 Å². The number of rotatable bonds is 2. The molecule has 0 radical (unpaired) electrons. The van der Waals surface area contributed by atoms with Gasteiger partial charge >= 0.3 is 6.98 Å². The Morgan fingerprint density at radius 2 is 1.43 bits per heavy atom. The van der Waals surface area contributed by atoms with Crippen LogP contribution in [-0.2, 0) is 0 Å². The monoisotopic (exact) mass is 207 g/mol. The minimum Gasteiger partial charge on any atom is -0.445 e. The first-order valence-electron chi connectivity index (χ1n) is 3.72. The van der Waals surface area contributed by atoms with Crippen LogP contribution in [-0.4, -0.2) is 6.98 Å². The molecule has 0 heterocycles. The normalized spacial score (nSPS) is 12.4. The first-order chi connectivity index (χ1) is 6.37. The molecular weight excluding hydrogens is 202 g/mol. The molecular formula is C8H5BF5-. The number of halogens is 5. The summed E-state index contributed by atoms with van der Waals surface area (Å²) in [6.45, 7) is -5.08. The van der Waals surface area contributed by atoms with Crippen molar-refractivity contribution in [2.24, 2.45) is 0 Å². The van der Waals surface area contributed by atoms with Gasteiger partial charge in [-0.15, -0.1) is 5.98 Å². The molecule has 1 rings (SSSR count). The van der Waals surface area contributed by atoms with Gasteiger partial charge in [0.25, 0.3) is 0 Å². The van der Waals surface area contributed by atoms with Crippen LogP contribution in [0.3, 0.4) is 0 Å². The van der Waals surface area contributed by atoms with E-state index in [1.165, 1.54) is 0 Å². The molecule has 0 bridgehead atoms. The highest BCUT2D eigenvalue weighted by Crippen LogP contribution is 2.14. The second kappa shape index (κ2) is 3.81. The smallest absolute Gasteiger partial charge is 0.445 e. The highest BCUT2D eigenvalue weighted by Gasteiger charge is 2.17. The Morgan fingerprint density at radius 1 is 0.929 bits per heavy atom. The zero-order chi connectivity index (χ0) is 10.8. The van der Waals surface area contributed by atoms with Crippen molar-refractivity contribution >= 4 is 13.1 Å². The molecule has 0 aliphatic rings. The second-order valence-corrected chi connectivity index (χ2v) is 2.69. The molecule has 1 aromatic rings. The number of benzene rings is 1. The Hall–Kier alpha value is -1.33. The summed E-state index contributed by atoms with van der Waals surface area (Å²) in [7, 11) is 0. The van der Waals surface area contributed by atoms with E-state index < -0.39 is 18.6 Å². The van der Waals surface area contributed by atoms with Crippen LogP contribution in [0.25, 0.3) is 6.08 Å². The molecule has 76 valence electrons. The van der Waals surface area contributed by atoms with E-state index in [-0.39, 0.29) is 11.5 Å². The summed E-state index contributed by atoms with van der Waals surface area (Å²) in [6.07, 6.45) is 0.631. The van der Waals surface area contributed by atoms with Gasteiger partial charge in [-0.25, -0.2) is 8.78 Å².